The molecule has 0 atom stereocenters. The lowest BCUT2D eigenvalue weighted by atomic mass is 10.00. The lowest BCUT2D eigenvalue weighted by Gasteiger charge is -2.12. The molecule has 0 bridgehead atoms. The zero-order valence-corrected chi connectivity index (χ0v) is 18.2. The molecule has 2 heteroatoms. The average molecular weight is 424 g/mol. The fraction of sp³-hybridized carbons (Fsp3) is 0.0323. The second-order valence-electron chi connectivity index (χ2n) is 8.71. The Morgan fingerprint density at radius 1 is 0.545 bits per heavy atom. The Kier molecular flexibility index (Phi) is 3.80. The van der Waals surface area contributed by atoms with Crippen LogP contribution in [0.3, 0.4) is 0 Å². The van der Waals surface area contributed by atoms with Gasteiger partial charge in [0.05, 0.1) is 16.7 Å². The minimum atomic E-state index is 0.913. The molecule has 0 aliphatic carbocycles. The smallest absolute Gasteiger partial charge is 0.159 e. The standard InChI is InChI=1S/C31H21NO/c1-20-9-8-10-21(17-20)22-18-26-25-13-4-7-16-30(25)33-31(26)29(19-22)32-27-14-5-2-11-23(27)24-12-3-6-15-28(24)32/h2-19H,1H3. The SMILES string of the molecule is Cc1cccc(-c2cc(-n3c4ccccc4c4ccccc43)c3oc4ccccc4c3c2)c1. The highest BCUT2D eigenvalue weighted by molar-refractivity contribution is 6.13. The molecule has 5 aromatic carbocycles. The molecule has 7 rings (SSSR count). The molecule has 0 aliphatic rings. The number of rotatable bonds is 2. The number of furan rings is 1. The van der Waals surface area contributed by atoms with Crippen LogP contribution in [0.5, 0.6) is 0 Å². The molecule has 33 heavy (non-hydrogen) atoms. The second-order valence-corrected chi connectivity index (χ2v) is 8.71. The third-order valence-electron chi connectivity index (χ3n) is 6.63. The summed E-state index contributed by atoms with van der Waals surface area (Å²) >= 11 is 0. The van der Waals surface area contributed by atoms with Crippen LogP contribution in [-0.2, 0) is 0 Å². The van der Waals surface area contributed by atoms with Crippen molar-refractivity contribution in [3.63, 3.8) is 0 Å². The van der Waals surface area contributed by atoms with E-state index in [0.29, 0.717) is 0 Å². The third kappa shape index (κ3) is 2.68. The van der Waals surface area contributed by atoms with Crippen LogP contribution in [-0.4, -0.2) is 4.57 Å². The Morgan fingerprint density at radius 3 is 1.94 bits per heavy atom. The molecule has 7 aromatic rings. The van der Waals surface area contributed by atoms with Crippen LogP contribution in [0.25, 0.3) is 60.6 Å². The first kappa shape index (κ1) is 18.3. The van der Waals surface area contributed by atoms with Crippen LogP contribution in [0.1, 0.15) is 5.56 Å². The van der Waals surface area contributed by atoms with Gasteiger partial charge in [-0.25, -0.2) is 0 Å². The van der Waals surface area contributed by atoms with Gasteiger partial charge in [0.2, 0.25) is 0 Å². The van der Waals surface area contributed by atoms with Crippen LogP contribution < -0.4 is 0 Å². The maximum atomic E-state index is 6.50. The third-order valence-corrected chi connectivity index (χ3v) is 6.63. The maximum Gasteiger partial charge on any atom is 0.159 e. The number of aryl methyl sites for hydroxylation is 1. The zero-order chi connectivity index (χ0) is 21.9. The fourth-order valence-electron chi connectivity index (χ4n) is 5.15. The van der Waals surface area contributed by atoms with Crippen LogP contribution in [0, 0.1) is 6.92 Å². The van der Waals surface area contributed by atoms with Crippen molar-refractivity contribution in [1.82, 2.24) is 4.57 Å². The van der Waals surface area contributed by atoms with Gasteiger partial charge in [0.15, 0.2) is 5.58 Å². The monoisotopic (exact) mass is 423 g/mol. The summed E-state index contributed by atoms with van der Waals surface area (Å²) in [6.07, 6.45) is 0. The van der Waals surface area contributed by atoms with E-state index in [2.05, 4.69) is 115 Å². The lowest BCUT2D eigenvalue weighted by Crippen LogP contribution is -1.95. The molecule has 2 nitrogen and oxygen atoms in total. The highest BCUT2D eigenvalue weighted by atomic mass is 16.3. The van der Waals surface area contributed by atoms with Crippen molar-refractivity contribution < 1.29 is 4.42 Å². The quantitative estimate of drug-likeness (QED) is 0.272. The molecular weight excluding hydrogens is 402 g/mol. The Bertz CT molecular complexity index is 1780. The summed E-state index contributed by atoms with van der Waals surface area (Å²) in [4.78, 5) is 0. The Hall–Kier alpha value is -4.30. The van der Waals surface area contributed by atoms with E-state index < -0.39 is 0 Å². The summed E-state index contributed by atoms with van der Waals surface area (Å²) in [5.74, 6) is 0. The first-order valence-corrected chi connectivity index (χ1v) is 11.3. The van der Waals surface area contributed by atoms with Crippen LogP contribution in [0.2, 0.25) is 0 Å². The molecule has 0 spiro atoms. The largest absolute Gasteiger partial charge is 0.454 e. The number of hydrogen-bond acceptors (Lipinski definition) is 1. The molecule has 156 valence electrons. The zero-order valence-electron chi connectivity index (χ0n) is 18.2. The molecule has 0 fully saturated rings. The average Bonchev–Trinajstić information content (AvgIpc) is 3.40. The molecule has 2 aromatic heterocycles. The lowest BCUT2D eigenvalue weighted by molar-refractivity contribution is 0.666. The van der Waals surface area contributed by atoms with Crippen LogP contribution >= 0.6 is 0 Å². The minimum absolute atomic E-state index is 0.913. The van der Waals surface area contributed by atoms with Crippen LogP contribution in [0.15, 0.2) is 114 Å². The van der Waals surface area contributed by atoms with E-state index in [0.717, 1.165) is 27.6 Å². The van der Waals surface area contributed by atoms with E-state index in [4.69, 9.17) is 4.42 Å². The molecule has 0 N–H and O–H groups in total. The molecule has 0 aliphatic heterocycles. The van der Waals surface area contributed by atoms with Crippen molar-refractivity contribution in [2.24, 2.45) is 0 Å². The molecular formula is C31H21NO. The van der Waals surface area contributed by atoms with Gasteiger partial charge >= 0.3 is 0 Å². The van der Waals surface area contributed by atoms with Gasteiger partial charge in [-0.3, -0.25) is 0 Å². The van der Waals surface area contributed by atoms with E-state index in [1.807, 2.05) is 6.07 Å². The van der Waals surface area contributed by atoms with Gasteiger partial charge < -0.3 is 8.98 Å². The normalized spacial score (nSPS) is 11.8. The molecule has 0 unspecified atom stereocenters. The van der Waals surface area contributed by atoms with Gasteiger partial charge in [-0.1, -0.05) is 84.4 Å². The molecule has 0 radical (unpaired) electrons. The Morgan fingerprint density at radius 2 is 1.21 bits per heavy atom. The number of benzene rings is 5. The summed E-state index contributed by atoms with van der Waals surface area (Å²) in [5.41, 5.74) is 8.91. The van der Waals surface area contributed by atoms with E-state index in [1.54, 1.807) is 0 Å². The van der Waals surface area contributed by atoms with E-state index >= 15 is 0 Å². The highest BCUT2D eigenvalue weighted by Gasteiger charge is 2.19. The first-order chi connectivity index (χ1) is 16.3. The molecule has 0 saturated carbocycles. The Labute approximate surface area is 191 Å². The summed E-state index contributed by atoms with van der Waals surface area (Å²) in [5, 5.41) is 4.78. The summed E-state index contributed by atoms with van der Waals surface area (Å²) in [6.45, 7) is 2.14. The number of hydrogen-bond donors (Lipinski definition) is 0. The van der Waals surface area contributed by atoms with Crippen molar-refractivity contribution in [2.75, 3.05) is 0 Å². The van der Waals surface area contributed by atoms with Gasteiger partial charge in [-0.2, -0.15) is 0 Å². The number of fused-ring (bicyclic) bond motifs is 6. The second kappa shape index (κ2) is 6.85. The van der Waals surface area contributed by atoms with Crippen molar-refractivity contribution in [3.05, 3.63) is 115 Å². The van der Waals surface area contributed by atoms with Crippen molar-refractivity contribution in [3.8, 4) is 16.8 Å². The topological polar surface area (TPSA) is 18.1 Å². The Balaban J connectivity index is 1.68. The predicted molar refractivity (Wildman–Crippen MR) is 138 cm³/mol. The van der Waals surface area contributed by atoms with Crippen LogP contribution in [0.4, 0.5) is 0 Å². The van der Waals surface area contributed by atoms with Crippen molar-refractivity contribution in [2.45, 2.75) is 6.92 Å². The van der Waals surface area contributed by atoms with Gasteiger partial charge in [0.1, 0.15) is 5.58 Å². The number of aromatic nitrogens is 1. The highest BCUT2D eigenvalue weighted by Crippen LogP contribution is 2.40. The van der Waals surface area contributed by atoms with Crippen molar-refractivity contribution in [1.29, 1.82) is 0 Å². The summed E-state index contributed by atoms with van der Waals surface area (Å²) in [6, 6.07) is 38.8. The predicted octanol–water partition coefficient (Wildman–Crippen LogP) is 8.66. The maximum absolute atomic E-state index is 6.50. The molecule has 0 amide bonds. The first-order valence-electron chi connectivity index (χ1n) is 11.3. The van der Waals surface area contributed by atoms with E-state index in [-0.39, 0.29) is 0 Å². The van der Waals surface area contributed by atoms with E-state index in [9.17, 15) is 0 Å². The summed E-state index contributed by atoms with van der Waals surface area (Å²) in [7, 11) is 0. The van der Waals surface area contributed by atoms with Gasteiger partial charge in [0, 0.05) is 21.5 Å². The fourth-order valence-corrected chi connectivity index (χ4v) is 5.15. The van der Waals surface area contributed by atoms with Gasteiger partial charge in [0.25, 0.3) is 0 Å². The minimum Gasteiger partial charge on any atom is -0.454 e. The van der Waals surface area contributed by atoms with Crippen molar-refractivity contribution >= 4 is 43.7 Å². The number of para-hydroxylation sites is 3. The molecule has 2 heterocycles. The van der Waals surface area contributed by atoms with Gasteiger partial charge in [-0.05, 0) is 48.4 Å². The van der Waals surface area contributed by atoms with Gasteiger partial charge in [-0.15, -0.1) is 0 Å². The summed E-state index contributed by atoms with van der Waals surface area (Å²) < 4.78 is 8.85. The molecule has 0 saturated heterocycles. The van der Waals surface area contributed by atoms with E-state index in [1.165, 1.54) is 38.5 Å². The number of nitrogens with zero attached hydrogens (tertiary/aromatic N) is 1.